The Morgan fingerprint density at radius 2 is 1.86 bits per heavy atom. The van der Waals surface area contributed by atoms with Gasteiger partial charge in [-0.05, 0) is 36.8 Å². The molecule has 22 heavy (non-hydrogen) atoms. The first-order valence-corrected chi connectivity index (χ1v) is 7.03. The van der Waals surface area contributed by atoms with Crippen molar-refractivity contribution in [3.8, 4) is 5.75 Å². The Balaban J connectivity index is 1.67. The van der Waals surface area contributed by atoms with Crippen LogP contribution in [-0.2, 0) is 11.3 Å². The molecule has 2 rings (SSSR count). The summed E-state index contributed by atoms with van der Waals surface area (Å²) in [5.74, 6) is -0.527. The van der Waals surface area contributed by atoms with Gasteiger partial charge in [-0.15, -0.1) is 0 Å². The second-order valence-corrected chi connectivity index (χ2v) is 4.78. The SMILES string of the molecule is O=C(CCCOc1ccccc1)NCc1cc(F)ccc1F. The Bertz CT molecular complexity index is 617. The highest BCUT2D eigenvalue weighted by Gasteiger charge is 2.06. The van der Waals surface area contributed by atoms with Crippen LogP contribution in [0.1, 0.15) is 18.4 Å². The van der Waals surface area contributed by atoms with Gasteiger partial charge in [0.25, 0.3) is 0 Å². The van der Waals surface area contributed by atoms with Crippen LogP contribution in [0.3, 0.4) is 0 Å². The molecule has 0 aliphatic rings. The van der Waals surface area contributed by atoms with Gasteiger partial charge in [0.05, 0.1) is 6.61 Å². The monoisotopic (exact) mass is 305 g/mol. The van der Waals surface area contributed by atoms with Crippen LogP contribution in [-0.4, -0.2) is 12.5 Å². The fraction of sp³-hybridized carbons (Fsp3) is 0.235. The number of amides is 1. The van der Waals surface area contributed by atoms with Crippen molar-refractivity contribution < 1.29 is 18.3 Å². The largest absolute Gasteiger partial charge is 0.494 e. The third-order valence-electron chi connectivity index (χ3n) is 3.04. The number of hydrogen-bond acceptors (Lipinski definition) is 2. The van der Waals surface area contributed by atoms with E-state index in [2.05, 4.69) is 5.32 Å². The molecule has 1 amide bonds. The molecular weight excluding hydrogens is 288 g/mol. The minimum absolute atomic E-state index is 0.0258. The Hall–Kier alpha value is -2.43. The average Bonchev–Trinajstić information content (AvgIpc) is 2.53. The Labute approximate surface area is 127 Å². The smallest absolute Gasteiger partial charge is 0.220 e. The molecule has 0 saturated heterocycles. The summed E-state index contributed by atoms with van der Waals surface area (Å²) in [4.78, 5) is 11.6. The molecule has 0 atom stereocenters. The van der Waals surface area contributed by atoms with Crippen LogP contribution in [0, 0.1) is 11.6 Å². The molecule has 3 nitrogen and oxygen atoms in total. The summed E-state index contributed by atoms with van der Waals surface area (Å²) in [7, 11) is 0. The molecule has 0 aliphatic carbocycles. The van der Waals surface area contributed by atoms with Crippen LogP contribution in [0.25, 0.3) is 0 Å². The van der Waals surface area contributed by atoms with Gasteiger partial charge in [-0.1, -0.05) is 18.2 Å². The van der Waals surface area contributed by atoms with Gasteiger partial charge in [0.1, 0.15) is 17.4 Å². The van der Waals surface area contributed by atoms with Crippen molar-refractivity contribution in [3.63, 3.8) is 0 Å². The number of nitrogens with one attached hydrogen (secondary N) is 1. The van der Waals surface area contributed by atoms with E-state index < -0.39 is 11.6 Å². The summed E-state index contributed by atoms with van der Waals surface area (Å²) in [5.41, 5.74) is 0.133. The first-order valence-electron chi connectivity index (χ1n) is 7.03. The van der Waals surface area contributed by atoms with Crippen LogP contribution < -0.4 is 10.1 Å². The van der Waals surface area contributed by atoms with Gasteiger partial charge in [-0.25, -0.2) is 8.78 Å². The van der Waals surface area contributed by atoms with Crippen LogP contribution in [0.2, 0.25) is 0 Å². The highest BCUT2D eigenvalue weighted by atomic mass is 19.1. The van der Waals surface area contributed by atoms with E-state index >= 15 is 0 Å². The summed E-state index contributed by atoms with van der Waals surface area (Å²) in [6.45, 7) is 0.397. The summed E-state index contributed by atoms with van der Waals surface area (Å²) >= 11 is 0. The van der Waals surface area contributed by atoms with Gasteiger partial charge >= 0.3 is 0 Å². The van der Waals surface area contributed by atoms with E-state index in [1.807, 2.05) is 30.3 Å². The first-order chi connectivity index (χ1) is 10.6. The molecule has 0 unspecified atom stereocenters. The molecular formula is C17H17F2NO2. The summed E-state index contributed by atoms with van der Waals surface area (Å²) < 4.78 is 31.8. The fourth-order valence-corrected chi connectivity index (χ4v) is 1.90. The van der Waals surface area contributed by atoms with Gasteiger partial charge in [-0.2, -0.15) is 0 Å². The molecule has 0 heterocycles. The molecule has 0 radical (unpaired) electrons. The van der Waals surface area contributed by atoms with Gasteiger partial charge in [0.15, 0.2) is 0 Å². The lowest BCUT2D eigenvalue weighted by Crippen LogP contribution is -2.23. The topological polar surface area (TPSA) is 38.3 Å². The molecule has 116 valence electrons. The number of benzene rings is 2. The van der Waals surface area contributed by atoms with Gasteiger partial charge < -0.3 is 10.1 Å². The van der Waals surface area contributed by atoms with Crippen molar-refractivity contribution >= 4 is 5.91 Å². The van der Waals surface area contributed by atoms with E-state index in [0.717, 1.165) is 23.9 Å². The van der Waals surface area contributed by atoms with Gasteiger partial charge in [0, 0.05) is 18.5 Å². The lowest BCUT2D eigenvalue weighted by atomic mass is 10.2. The van der Waals surface area contributed by atoms with E-state index in [4.69, 9.17) is 4.74 Å². The number of carbonyl (C=O) groups is 1. The predicted molar refractivity (Wildman–Crippen MR) is 79.4 cm³/mol. The maximum atomic E-state index is 13.4. The second kappa shape index (κ2) is 8.12. The Morgan fingerprint density at radius 3 is 2.64 bits per heavy atom. The van der Waals surface area contributed by atoms with Crippen molar-refractivity contribution in [3.05, 3.63) is 65.7 Å². The number of rotatable bonds is 7. The van der Waals surface area contributed by atoms with Crippen molar-refractivity contribution in [2.24, 2.45) is 0 Å². The Morgan fingerprint density at radius 1 is 1.09 bits per heavy atom. The molecule has 0 aromatic heterocycles. The first kappa shape index (κ1) is 15.9. The highest BCUT2D eigenvalue weighted by Crippen LogP contribution is 2.10. The third kappa shape index (κ3) is 5.16. The van der Waals surface area contributed by atoms with Gasteiger partial charge in [-0.3, -0.25) is 4.79 Å². The minimum Gasteiger partial charge on any atom is -0.494 e. The summed E-state index contributed by atoms with van der Waals surface area (Å²) in [6.07, 6.45) is 0.816. The third-order valence-corrected chi connectivity index (χ3v) is 3.04. The summed E-state index contributed by atoms with van der Waals surface area (Å²) in [5, 5.41) is 2.56. The van der Waals surface area contributed by atoms with Gasteiger partial charge in [0.2, 0.25) is 5.91 Å². The lowest BCUT2D eigenvalue weighted by molar-refractivity contribution is -0.121. The number of para-hydroxylation sites is 1. The maximum absolute atomic E-state index is 13.4. The molecule has 0 aliphatic heterocycles. The van der Waals surface area contributed by atoms with Crippen molar-refractivity contribution in [2.45, 2.75) is 19.4 Å². The fourth-order valence-electron chi connectivity index (χ4n) is 1.90. The molecule has 5 heteroatoms. The zero-order valence-electron chi connectivity index (χ0n) is 12.0. The number of halogens is 2. The Kier molecular flexibility index (Phi) is 5.89. The van der Waals surface area contributed by atoms with Crippen LogP contribution in [0.5, 0.6) is 5.75 Å². The maximum Gasteiger partial charge on any atom is 0.220 e. The lowest BCUT2D eigenvalue weighted by Gasteiger charge is -2.08. The summed E-state index contributed by atoms with van der Waals surface area (Å²) in [6, 6.07) is 12.5. The molecule has 0 fully saturated rings. The highest BCUT2D eigenvalue weighted by molar-refractivity contribution is 5.75. The van der Waals surface area contributed by atoms with Crippen LogP contribution >= 0.6 is 0 Å². The number of ether oxygens (including phenoxy) is 1. The molecule has 0 bridgehead atoms. The van der Waals surface area contributed by atoms with E-state index in [1.165, 1.54) is 0 Å². The number of hydrogen-bond donors (Lipinski definition) is 1. The van der Waals surface area contributed by atoms with Crippen molar-refractivity contribution in [1.29, 1.82) is 0 Å². The quantitative estimate of drug-likeness (QED) is 0.796. The minimum atomic E-state index is -0.533. The predicted octanol–water partition coefficient (Wildman–Crippen LogP) is 3.44. The van der Waals surface area contributed by atoms with Crippen molar-refractivity contribution in [2.75, 3.05) is 6.61 Å². The molecule has 1 N–H and O–H groups in total. The zero-order valence-corrected chi connectivity index (χ0v) is 12.0. The normalized spacial score (nSPS) is 10.3. The van der Waals surface area contributed by atoms with E-state index in [-0.39, 0.29) is 24.4 Å². The molecule has 0 spiro atoms. The van der Waals surface area contributed by atoms with Crippen molar-refractivity contribution in [1.82, 2.24) is 5.32 Å². The molecule has 0 saturated carbocycles. The number of carbonyl (C=O) groups excluding carboxylic acids is 1. The standard InChI is InChI=1S/C17H17F2NO2/c18-14-8-9-16(19)13(11-14)12-20-17(21)7-4-10-22-15-5-2-1-3-6-15/h1-3,5-6,8-9,11H,4,7,10,12H2,(H,20,21). The van der Waals surface area contributed by atoms with Crippen LogP contribution in [0.15, 0.2) is 48.5 Å². The molecule has 2 aromatic carbocycles. The van der Waals surface area contributed by atoms with E-state index in [0.29, 0.717) is 13.0 Å². The second-order valence-electron chi connectivity index (χ2n) is 4.78. The molecule has 2 aromatic rings. The van der Waals surface area contributed by atoms with E-state index in [9.17, 15) is 13.6 Å². The zero-order chi connectivity index (χ0) is 15.8. The van der Waals surface area contributed by atoms with E-state index in [1.54, 1.807) is 0 Å². The van der Waals surface area contributed by atoms with Crippen LogP contribution in [0.4, 0.5) is 8.78 Å². The average molecular weight is 305 g/mol.